The van der Waals surface area contributed by atoms with E-state index in [2.05, 4.69) is 20.6 Å². The average Bonchev–Trinajstić information content (AvgIpc) is 4.01. The van der Waals surface area contributed by atoms with Crippen LogP contribution in [0.5, 0.6) is 5.88 Å². The predicted molar refractivity (Wildman–Crippen MR) is 216 cm³/mol. The zero-order valence-electron chi connectivity index (χ0n) is 34.5. The van der Waals surface area contributed by atoms with Gasteiger partial charge in [0, 0.05) is 29.8 Å². The first-order valence-corrected chi connectivity index (χ1v) is 21.9. The molecule has 3 fully saturated rings. The van der Waals surface area contributed by atoms with Crippen molar-refractivity contribution in [3.63, 3.8) is 0 Å². The highest BCUT2D eigenvalue weighted by atomic mass is 35.5. The minimum Gasteiger partial charge on any atom is -0.472 e. The van der Waals surface area contributed by atoms with Gasteiger partial charge in [-0.3, -0.25) is 23.5 Å². The number of hydrogen-bond donors (Lipinski definition) is 3. The number of alkyl carbamates (subject to hydrolysis) is 1. The van der Waals surface area contributed by atoms with E-state index >= 15 is 0 Å². The Labute approximate surface area is 355 Å². The lowest BCUT2D eigenvalue weighted by atomic mass is 9.91. The van der Waals surface area contributed by atoms with Crippen molar-refractivity contribution in [3.8, 4) is 5.88 Å². The second-order valence-corrected chi connectivity index (χ2v) is 19.7. The molecule has 0 spiro atoms. The van der Waals surface area contributed by atoms with Gasteiger partial charge < -0.3 is 25.0 Å². The van der Waals surface area contributed by atoms with Gasteiger partial charge in [0.1, 0.15) is 35.1 Å². The highest BCUT2D eigenvalue weighted by Gasteiger charge is 2.64. The number of rotatable bonds is 16. The Morgan fingerprint density at radius 3 is 2.46 bits per heavy atom. The highest BCUT2D eigenvalue weighted by molar-refractivity contribution is 7.91. The third-order valence-corrected chi connectivity index (χ3v) is 13.9. The van der Waals surface area contributed by atoms with E-state index in [9.17, 15) is 45.2 Å². The molecule has 4 amide bonds. The van der Waals surface area contributed by atoms with Gasteiger partial charge in [-0.05, 0) is 76.0 Å². The van der Waals surface area contributed by atoms with E-state index in [0.29, 0.717) is 42.6 Å². The van der Waals surface area contributed by atoms with Gasteiger partial charge in [0.2, 0.25) is 39.1 Å². The predicted octanol–water partition coefficient (Wildman–Crippen LogP) is 5.79. The average molecular weight is 900 g/mol. The molecule has 0 unspecified atom stereocenters. The molecule has 3 heterocycles. The fourth-order valence-corrected chi connectivity index (χ4v) is 9.30. The van der Waals surface area contributed by atoms with Crippen molar-refractivity contribution in [1.82, 2.24) is 34.6 Å². The number of imidazole rings is 1. The molecule has 2 saturated carbocycles. The van der Waals surface area contributed by atoms with Gasteiger partial charge in [0.05, 0.1) is 17.4 Å². The molecule has 2 aliphatic carbocycles. The molecule has 3 N–H and O–H groups in total. The highest BCUT2D eigenvalue weighted by Crippen LogP contribution is 2.48. The molecule has 6 rings (SSSR count). The molecule has 1 saturated heterocycles. The third-order valence-electron chi connectivity index (χ3n) is 11.6. The number of benzene rings is 1. The van der Waals surface area contributed by atoms with Crippen LogP contribution in [0, 0.1) is 17.8 Å². The molecule has 61 heavy (non-hydrogen) atoms. The number of halogens is 5. The summed E-state index contributed by atoms with van der Waals surface area (Å²) in [6.45, 7) is 6.97. The van der Waals surface area contributed by atoms with Crippen LogP contribution in [0.1, 0.15) is 80.1 Å². The number of likely N-dealkylation sites (tertiary alicyclic amines) is 1. The summed E-state index contributed by atoms with van der Waals surface area (Å²) in [6, 6.07) is 2.07. The Kier molecular flexibility index (Phi) is 12.7. The topological polar surface area (TPSA) is 190 Å². The number of amides is 4. The monoisotopic (exact) mass is 899 g/mol. The summed E-state index contributed by atoms with van der Waals surface area (Å²) in [5, 5.41) is 5.85. The number of ether oxygens (including phenoxy) is 2. The minimum absolute atomic E-state index is 0.0146. The van der Waals surface area contributed by atoms with Crippen LogP contribution in [-0.4, -0.2) is 105 Å². The maximum Gasteiger partial charge on any atom is 0.427 e. The van der Waals surface area contributed by atoms with E-state index in [4.69, 9.17) is 21.1 Å². The molecule has 15 nitrogen and oxygen atoms in total. The molecule has 334 valence electrons. The zero-order valence-corrected chi connectivity index (χ0v) is 36.1. The van der Waals surface area contributed by atoms with Gasteiger partial charge >= 0.3 is 12.3 Å². The van der Waals surface area contributed by atoms with Crippen molar-refractivity contribution in [2.75, 3.05) is 13.2 Å². The van der Waals surface area contributed by atoms with E-state index in [1.807, 2.05) is 25.5 Å². The lowest BCUT2D eigenvalue weighted by Crippen LogP contribution is -2.60. The van der Waals surface area contributed by atoms with Gasteiger partial charge in [0.15, 0.2) is 0 Å². The van der Waals surface area contributed by atoms with Crippen LogP contribution in [0.25, 0.3) is 16.7 Å². The Morgan fingerprint density at radius 1 is 1.13 bits per heavy atom. The first kappa shape index (κ1) is 45.8. The molecule has 3 aromatic rings. The van der Waals surface area contributed by atoms with Crippen molar-refractivity contribution in [1.29, 1.82) is 0 Å². The molecular formula is C40H50ClF4N7O8S. The number of hydrogen-bond acceptors (Lipinski definition) is 10. The fourth-order valence-electron chi connectivity index (χ4n) is 7.70. The zero-order chi connectivity index (χ0) is 44.9. The lowest BCUT2D eigenvalue weighted by molar-refractivity contribution is -0.244. The van der Waals surface area contributed by atoms with Crippen LogP contribution < -0.4 is 20.1 Å². The van der Waals surface area contributed by atoms with Crippen LogP contribution in [0.4, 0.5) is 22.4 Å². The Balaban J connectivity index is 1.35. The first-order valence-electron chi connectivity index (χ1n) is 20.0. The van der Waals surface area contributed by atoms with Crippen molar-refractivity contribution in [2.45, 2.75) is 120 Å². The van der Waals surface area contributed by atoms with Crippen LogP contribution >= 0.6 is 11.6 Å². The van der Waals surface area contributed by atoms with Crippen LogP contribution in [0.15, 0.2) is 42.7 Å². The van der Waals surface area contributed by atoms with Crippen LogP contribution in [0.2, 0.25) is 5.02 Å². The number of carbonyl (C=O) groups excluding carboxylic acids is 4. The largest absolute Gasteiger partial charge is 0.472 e. The van der Waals surface area contributed by atoms with Gasteiger partial charge in [-0.2, -0.15) is 18.2 Å². The minimum atomic E-state index is -4.95. The van der Waals surface area contributed by atoms with Crippen molar-refractivity contribution in [2.24, 2.45) is 17.8 Å². The van der Waals surface area contributed by atoms with Gasteiger partial charge in [-0.1, -0.05) is 51.4 Å². The summed E-state index contributed by atoms with van der Waals surface area (Å²) in [5.41, 5.74) is -4.10. The Hall–Kier alpha value is -4.72. The van der Waals surface area contributed by atoms with Gasteiger partial charge in [-0.15, -0.1) is 0 Å². The smallest absolute Gasteiger partial charge is 0.427 e. The maximum atomic E-state index is 14.8. The Morgan fingerprint density at radius 2 is 1.84 bits per heavy atom. The number of aromatic nitrogens is 3. The third kappa shape index (κ3) is 9.25. The summed E-state index contributed by atoms with van der Waals surface area (Å²) >= 11 is 6.37. The molecule has 2 aromatic heterocycles. The Bertz CT molecular complexity index is 2340. The van der Waals surface area contributed by atoms with E-state index in [1.165, 1.54) is 6.20 Å². The number of carbonyl (C=O) groups is 4. The van der Waals surface area contributed by atoms with E-state index < -0.39 is 92.6 Å². The molecule has 1 aromatic carbocycles. The number of alkyl halides is 4. The summed E-state index contributed by atoms with van der Waals surface area (Å²) in [4.78, 5) is 66.3. The number of allylic oxidation sites excluding steroid dienone is 1. The molecule has 0 radical (unpaired) electrons. The summed E-state index contributed by atoms with van der Waals surface area (Å²) in [7, 11) is -4.48. The normalized spacial score (nSPS) is 23.5. The molecular weight excluding hydrogens is 850 g/mol. The SMILES string of the molecule is CC/C=C\[C@@H]1C[C@]1(NC(=O)[C@@H]1C[C@@H](Oc2nc3nccn3c3ccc(Cl)cc23)CN1C(=O)[C@@H](NC(=O)OC(C)(C)C(F)(F)F)[C@H](C)CC(C)C)C(=O)NS(=O)(=O)C1(CF)CC1. The second-order valence-electron chi connectivity index (χ2n) is 17.1. The summed E-state index contributed by atoms with van der Waals surface area (Å²) < 4.78 is 94.6. The maximum absolute atomic E-state index is 14.8. The summed E-state index contributed by atoms with van der Waals surface area (Å²) in [6.07, 6.45) is -0.166. The fraction of sp³-hybridized carbons (Fsp3) is 0.600. The van der Waals surface area contributed by atoms with E-state index in [-0.39, 0.29) is 49.8 Å². The molecule has 21 heteroatoms. The molecule has 0 bridgehead atoms. The van der Waals surface area contributed by atoms with Crippen LogP contribution in [-0.2, 0) is 29.1 Å². The quantitative estimate of drug-likeness (QED) is 0.117. The number of fused-ring (bicyclic) bond motifs is 3. The van der Waals surface area contributed by atoms with Crippen LogP contribution in [0.3, 0.4) is 0 Å². The van der Waals surface area contributed by atoms with E-state index in [1.54, 1.807) is 47.9 Å². The van der Waals surface area contributed by atoms with Gasteiger partial charge in [0.25, 0.3) is 5.91 Å². The molecule has 3 aliphatic rings. The van der Waals surface area contributed by atoms with Crippen molar-refractivity contribution < 1.29 is 54.6 Å². The first-order chi connectivity index (χ1) is 28.5. The number of nitrogens with one attached hydrogen (secondary N) is 3. The summed E-state index contributed by atoms with van der Waals surface area (Å²) in [5.74, 6) is -3.90. The number of nitrogens with zero attached hydrogens (tertiary/aromatic N) is 4. The lowest BCUT2D eigenvalue weighted by Gasteiger charge is -2.34. The number of sulfonamides is 1. The van der Waals surface area contributed by atoms with Crippen molar-refractivity contribution >= 4 is 62.1 Å². The van der Waals surface area contributed by atoms with Gasteiger partial charge in [-0.25, -0.2) is 22.6 Å². The second kappa shape index (κ2) is 16.9. The molecule has 1 aliphatic heterocycles. The van der Waals surface area contributed by atoms with Crippen molar-refractivity contribution in [3.05, 3.63) is 47.8 Å². The van der Waals surface area contributed by atoms with E-state index in [0.717, 1.165) is 4.90 Å². The standard InChI is InChI=1S/C40H50ClF4N7O8S/c1-7-8-9-24-19-39(24,34(55)50-61(57,58)38(21-42)12-13-38)49-31(53)29-18-26(59-32-27-17-25(41)10-11-28(27)51-15-14-46-35(51)48-32)20-52(29)33(54)30(23(4)16-22(2)3)47-36(56)60-37(5,6)40(43,44)45/h8-11,14-15,17,22-24,26,29-30H,7,12-13,16,18-21H2,1-6H3,(H,47,56)(H,49,53)(H,50,55)/b9-8-/t23-,24-,26-,29+,30+,39-/m1/s1. The molecule has 6 atom stereocenters.